The van der Waals surface area contributed by atoms with E-state index in [0.29, 0.717) is 9.50 Å². The zero-order chi connectivity index (χ0) is 8.43. The molecular formula is C6H2BrCl2N2+. The summed E-state index contributed by atoms with van der Waals surface area (Å²) < 4.78 is 0.677. The average Bonchev–Trinajstić information content (AvgIpc) is 2.01. The van der Waals surface area contributed by atoms with Crippen molar-refractivity contribution in [3.8, 4) is 0 Å². The molecule has 0 amide bonds. The third-order valence-electron chi connectivity index (χ3n) is 1.12. The van der Waals surface area contributed by atoms with Crippen molar-refractivity contribution in [2.24, 2.45) is 0 Å². The Morgan fingerprint density at radius 2 is 1.91 bits per heavy atom. The fourth-order valence-corrected chi connectivity index (χ4v) is 1.40. The lowest BCUT2D eigenvalue weighted by Crippen LogP contribution is -1.71. The van der Waals surface area contributed by atoms with Crippen LogP contribution in [0.4, 0.5) is 5.69 Å². The molecule has 0 saturated carbocycles. The van der Waals surface area contributed by atoms with Crippen LogP contribution in [0.5, 0.6) is 0 Å². The van der Waals surface area contributed by atoms with E-state index in [-0.39, 0.29) is 10.7 Å². The second-order valence-corrected chi connectivity index (χ2v) is 3.40. The van der Waals surface area contributed by atoms with Gasteiger partial charge in [-0.1, -0.05) is 23.2 Å². The zero-order valence-corrected chi connectivity index (χ0v) is 8.28. The second-order valence-electron chi connectivity index (χ2n) is 1.79. The van der Waals surface area contributed by atoms with Crippen molar-refractivity contribution in [3.63, 3.8) is 0 Å². The summed E-state index contributed by atoms with van der Waals surface area (Å²) in [5.41, 5.74) is 0.264. The number of diazo groups is 1. The van der Waals surface area contributed by atoms with Crippen molar-refractivity contribution in [1.29, 1.82) is 5.39 Å². The molecule has 11 heavy (non-hydrogen) atoms. The average molecular weight is 253 g/mol. The van der Waals surface area contributed by atoms with E-state index >= 15 is 0 Å². The maximum Gasteiger partial charge on any atom is 0.405 e. The summed E-state index contributed by atoms with van der Waals surface area (Å²) in [4.78, 5) is 2.93. The Hall–Kier alpha value is -0.300. The molecule has 1 aromatic rings. The molecule has 0 fully saturated rings. The SMILES string of the molecule is N#[N+]c1ccc(Br)c(Cl)c1Cl. The van der Waals surface area contributed by atoms with Crippen LogP contribution in [-0.4, -0.2) is 0 Å². The van der Waals surface area contributed by atoms with Gasteiger partial charge in [-0.25, -0.2) is 0 Å². The van der Waals surface area contributed by atoms with Crippen LogP contribution < -0.4 is 0 Å². The second kappa shape index (κ2) is 3.40. The maximum absolute atomic E-state index is 8.40. The lowest BCUT2D eigenvalue weighted by molar-refractivity contribution is 1.46. The molecule has 0 aliphatic carbocycles. The molecule has 0 aliphatic heterocycles. The van der Waals surface area contributed by atoms with E-state index in [0.717, 1.165) is 0 Å². The summed E-state index contributed by atoms with van der Waals surface area (Å²) in [5.74, 6) is 0. The Morgan fingerprint density at radius 1 is 1.27 bits per heavy atom. The van der Waals surface area contributed by atoms with Gasteiger partial charge in [-0.05, 0) is 22.0 Å². The first-order valence-corrected chi connectivity index (χ1v) is 4.20. The standard InChI is InChI=1S/C6H2BrCl2N2/c7-3-1-2-4(11-10)6(9)5(3)8/h1-2H/q+1. The Kier molecular flexibility index (Phi) is 2.72. The van der Waals surface area contributed by atoms with Crippen LogP contribution >= 0.6 is 39.1 Å². The molecule has 0 heterocycles. The van der Waals surface area contributed by atoms with E-state index in [9.17, 15) is 0 Å². The van der Waals surface area contributed by atoms with Crippen LogP contribution in [0.15, 0.2) is 16.6 Å². The van der Waals surface area contributed by atoms with Gasteiger partial charge in [0.2, 0.25) is 5.39 Å². The number of benzene rings is 1. The predicted molar refractivity (Wildman–Crippen MR) is 48.9 cm³/mol. The van der Waals surface area contributed by atoms with Crippen LogP contribution in [0.1, 0.15) is 0 Å². The van der Waals surface area contributed by atoms with E-state index in [4.69, 9.17) is 28.6 Å². The molecule has 0 saturated heterocycles. The molecule has 0 radical (unpaired) electrons. The monoisotopic (exact) mass is 251 g/mol. The van der Waals surface area contributed by atoms with Gasteiger partial charge in [0.1, 0.15) is 0 Å². The minimum Gasteiger partial charge on any atom is -0.0812 e. The molecule has 0 unspecified atom stereocenters. The fourth-order valence-electron chi connectivity index (χ4n) is 0.593. The molecule has 5 heteroatoms. The molecule has 0 bridgehead atoms. The first kappa shape index (κ1) is 8.79. The van der Waals surface area contributed by atoms with Crippen molar-refractivity contribution in [3.05, 3.63) is 31.6 Å². The minimum atomic E-state index is 0.239. The quantitative estimate of drug-likeness (QED) is 0.501. The Labute approximate surface area is 81.9 Å². The van der Waals surface area contributed by atoms with E-state index in [1.54, 1.807) is 12.1 Å². The van der Waals surface area contributed by atoms with Crippen molar-refractivity contribution < 1.29 is 0 Å². The summed E-state index contributed by atoms with van der Waals surface area (Å²) in [6.07, 6.45) is 0. The van der Waals surface area contributed by atoms with Gasteiger partial charge >= 0.3 is 5.69 Å². The van der Waals surface area contributed by atoms with Crippen molar-refractivity contribution in [1.82, 2.24) is 0 Å². The predicted octanol–water partition coefficient (Wildman–Crippen LogP) is 4.24. The van der Waals surface area contributed by atoms with Crippen molar-refractivity contribution >= 4 is 44.8 Å². The Balaban J connectivity index is 3.40. The summed E-state index contributed by atoms with van der Waals surface area (Å²) >= 11 is 14.6. The molecule has 1 rings (SSSR count). The summed E-state index contributed by atoms with van der Waals surface area (Å²) in [6.45, 7) is 0. The van der Waals surface area contributed by atoms with Crippen molar-refractivity contribution in [2.45, 2.75) is 0 Å². The fraction of sp³-hybridized carbons (Fsp3) is 0. The number of hydrogen-bond donors (Lipinski definition) is 0. The first-order chi connectivity index (χ1) is 5.16. The maximum atomic E-state index is 8.40. The lowest BCUT2D eigenvalue weighted by Gasteiger charge is -1.92. The first-order valence-electron chi connectivity index (χ1n) is 2.65. The van der Waals surface area contributed by atoms with Gasteiger partial charge in [-0.2, -0.15) is 0 Å². The van der Waals surface area contributed by atoms with Crippen LogP contribution in [0.3, 0.4) is 0 Å². The molecule has 0 spiro atoms. The third-order valence-corrected chi connectivity index (χ3v) is 2.88. The van der Waals surface area contributed by atoms with E-state index in [2.05, 4.69) is 20.9 Å². The van der Waals surface area contributed by atoms with Gasteiger partial charge in [0.05, 0.1) is 5.02 Å². The highest BCUT2D eigenvalue weighted by Gasteiger charge is 2.16. The van der Waals surface area contributed by atoms with Crippen LogP contribution in [0.25, 0.3) is 4.98 Å². The highest BCUT2D eigenvalue weighted by Crippen LogP contribution is 2.37. The Morgan fingerprint density at radius 3 is 2.45 bits per heavy atom. The van der Waals surface area contributed by atoms with E-state index < -0.39 is 0 Å². The Bertz CT molecular complexity index is 332. The van der Waals surface area contributed by atoms with Crippen LogP contribution in [0, 0.1) is 5.39 Å². The summed E-state index contributed by atoms with van der Waals surface area (Å²) in [7, 11) is 0. The highest BCUT2D eigenvalue weighted by molar-refractivity contribution is 9.10. The number of rotatable bonds is 0. The molecule has 56 valence electrons. The van der Waals surface area contributed by atoms with Gasteiger partial charge < -0.3 is 0 Å². The van der Waals surface area contributed by atoms with Crippen LogP contribution in [0.2, 0.25) is 10.0 Å². The number of nitrogens with zero attached hydrogens (tertiary/aromatic N) is 2. The topological polar surface area (TPSA) is 28.1 Å². The van der Waals surface area contributed by atoms with Gasteiger partial charge in [0, 0.05) is 10.5 Å². The lowest BCUT2D eigenvalue weighted by atomic mass is 10.3. The van der Waals surface area contributed by atoms with Crippen LogP contribution in [-0.2, 0) is 0 Å². The van der Waals surface area contributed by atoms with E-state index in [1.165, 1.54) is 0 Å². The minimum absolute atomic E-state index is 0.239. The third kappa shape index (κ3) is 1.64. The van der Waals surface area contributed by atoms with Gasteiger partial charge in [-0.3, -0.25) is 0 Å². The molecule has 0 aliphatic rings. The smallest absolute Gasteiger partial charge is 0.0812 e. The molecule has 0 atom stereocenters. The number of hydrogen-bond acceptors (Lipinski definition) is 1. The van der Waals surface area contributed by atoms with Crippen molar-refractivity contribution in [2.75, 3.05) is 0 Å². The van der Waals surface area contributed by atoms with Gasteiger partial charge in [0.15, 0.2) is 10.00 Å². The van der Waals surface area contributed by atoms with Gasteiger partial charge in [-0.15, -0.1) is 0 Å². The zero-order valence-electron chi connectivity index (χ0n) is 5.18. The largest absolute Gasteiger partial charge is 0.405 e. The summed E-state index contributed by atoms with van der Waals surface area (Å²) in [6, 6.07) is 3.21. The molecular weight excluding hydrogens is 251 g/mol. The highest BCUT2D eigenvalue weighted by atomic mass is 79.9. The normalized spacial score (nSPS) is 9.27. The number of halogens is 3. The van der Waals surface area contributed by atoms with E-state index in [1.807, 2.05) is 0 Å². The van der Waals surface area contributed by atoms with Gasteiger partial charge in [0.25, 0.3) is 0 Å². The molecule has 0 N–H and O–H groups in total. The summed E-state index contributed by atoms with van der Waals surface area (Å²) in [5, 5.41) is 8.99. The molecule has 1 aromatic carbocycles. The molecule has 2 nitrogen and oxygen atoms in total. The molecule has 0 aromatic heterocycles.